The highest BCUT2D eigenvalue weighted by Crippen LogP contribution is 2.41. The zero-order valence-electron chi connectivity index (χ0n) is 11.7. The first-order valence-electron chi connectivity index (χ1n) is 6.80. The highest BCUT2D eigenvalue weighted by atomic mass is 19.2. The molecule has 0 fully saturated rings. The summed E-state index contributed by atoms with van der Waals surface area (Å²) in [6.07, 6.45) is -1.13. The van der Waals surface area contributed by atoms with E-state index in [-0.39, 0.29) is 12.1 Å². The van der Waals surface area contributed by atoms with E-state index in [0.29, 0.717) is 12.2 Å². The number of carbonyl (C=O) groups excluding carboxylic acids is 1. The van der Waals surface area contributed by atoms with E-state index >= 15 is 0 Å². The maximum atomic E-state index is 14.9. The second kappa shape index (κ2) is 6.46. The molecule has 1 aliphatic carbocycles. The van der Waals surface area contributed by atoms with E-state index in [0.717, 1.165) is 0 Å². The summed E-state index contributed by atoms with van der Waals surface area (Å²) in [5.74, 6) is -5.34. The maximum Gasteiger partial charge on any atom is 0.179 e. The average molecular weight is 311 g/mol. The minimum atomic E-state index is -2.59. The van der Waals surface area contributed by atoms with Gasteiger partial charge in [0.15, 0.2) is 5.78 Å². The number of aliphatic hydroxyl groups is 1. The smallest absolute Gasteiger partial charge is 0.179 e. The number of Topliss-reactive ketones (excluding diaryl/α,β-unsaturated/α-hetero) is 1. The van der Waals surface area contributed by atoms with Gasteiger partial charge in [0.05, 0.1) is 0 Å². The fourth-order valence-corrected chi connectivity index (χ4v) is 2.57. The molecule has 2 rings (SSSR count). The SMILES string of the molecule is NCCC1(F)C=C(F)C=C(F)C1C(=O)C(O)c1ccccc1. The summed E-state index contributed by atoms with van der Waals surface area (Å²) in [5.41, 5.74) is 2.90. The molecule has 0 bridgehead atoms. The first-order chi connectivity index (χ1) is 10.4. The van der Waals surface area contributed by atoms with Crippen LogP contribution in [0, 0.1) is 5.92 Å². The molecule has 6 heteroatoms. The zero-order chi connectivity index (χ0) is 16.3. The first-order valence-corrected chi connectivity index (χ1v) is 6.80. The summed E-state index contributed by atoms with van der Waals surface area (Å²) in [7, 11) is 0. The van der Waals surface area contributed by atoms with Gasteiger partial charge in [0.1, 0.15) is 29.3 Å². The maximum absolute atomic E-state index is 14.9. The van der Waals surface area contributed by atoms with Crippen molar-refractivity contribution in [3.63, 3.8) is 0 Å². The molecule has 0 aliphatic heterocycles. The number of alkyl halides is 1. The predicted molar refractivity (Wildman–Crippen MR) is 75.8 cm³/mol. The van der Waals surface area contributed by atoms with E-state index < -0.39 is 41.5 Å². The number of ketones is 1. The van der Waals surface area contributed by atoms with Crippen molar-refractivity contribution in [2.45, 2.75) is 18.2 Å². The molecule has 0 saturated carbocycles. The number of rotatable bonds is 5. The van der Waals surface area contributed by atoms with Gasteiger partial charge >= 0.3 is 0 Å². The third-order valence-corrected chi connectivity index (χ3v) is 3.61. The van der Waals surface area contributed by atoms with Crippen LogP contribution in [-0.2, 0) is 4.79 Å². The van der Waals surface area contributed by atoms with E-state index in [1.807, 2.05) is 0 Å². The lowest BCUT2D eigenvalue weighted by Crippen LogP contribution is -2.42. The first kappa shape index (κ1) is 16.5. The lowest BCUT2D eigenvalue weighted by Gasteiger charge is -2.32. The van der Waals surface area contributed by atoms with Crippen molar-refractivity contribution in [3.05, 3.63) is 59.7 Å². The van der Waals surface area contributed by atoms with Crippen LogP contribution in [0.25, 0.3) is 0 Å². The average Bonchev–Trinajstić information content (AvgIpc) is 2.46. The highest BCUT2D eigenvalue weighted by Gasteiger charge is 2.48. The Labute approximate surface area is 125 Å². The van der Waals surface area contributed by atoms with E-state index in [1.165, 1.54) is 12.1 Å². The third-order valence-electron chi connectivity index (χ3n) is 3.61. The van der Waals surface area contributed by atoms with Crippen molar-refractivity contribution < 1.29 is 23.1 Å². The fourth-order valence-electron chi connectivity index (χ4n) is 2.57. The summed E-state index contributed by atoms with van der Waals surface area (Å²) in [6, 6.07) is 7.77. The van der Waals surface area contributed by atoms with Gasteiger partial charge < -0.3 is 10.8 Å². The summed E-state index contributed by atoms with van der Waals surface area (Å²) in [6.45, 7) is -0.196. The van der Waals surface area contributed by atoms with Crippen molar-refractivity contribution in [2.75, 3.05) is 6.54 Å². The molecule has 0 saturated heterocycles. The summed E-state index contributed by atoms with van der Waals surface area (Å²) < 4.78 is 42.2. The molecule has 3 N–H and O–H groups in total. The van der Waals surface area contributed by atoms with Crippen LogP contribution in [0.1, 0.15) is 18.1 Å². The predicted octanol–water partition coefficient (Wildman–Crippen LogP) is 2.68. The van der Waals surface area contributed by atoms with Crippen molar-refractivity contribution >= 4 is 5.78 Å². The molecule has 3 unspecified atom stereocenters. The van der Waals surface area contributed by atoms with Gasteiger partial charge in [-0.15, -0.1) is 0 Å². The number of carbonyl (C=O) groups is 1. The fraction of sp³-hybridized carbons (Fsp3) is 0.312. The van der Waals surface area contributed by atoms with Crippen LogP contribution in [0.15, 0.2) is 54.1 Å². The van der Waals surface area contributed by atoms with Gasteiger partial charge in [0, 0.05) is 6.08 Å². The van der Waals surface area contributed by atoms with Crippen LogP contribution in [-0.4, -0.2) is 23.1 Å². The Balaban J connectivity index is 2.36. The molecule has 0 spiro atoms. The number of nitrogens with two attached hydrogens (primary N) is 1. The van der Waals surface area contributed by atoms with Crippen molar-refractivity contribution in [3.8, 4) is 0 Å². The van der Waals surface area contributed by atoms with Crippen molar-refractivity contribution in [1.82, 2.24) is 0 Å². The van der Waals surface area contributed by atoms with E-state index in [9.17, 15) is 23.1 Å². The van der Waals surface area contributed by atoms with Crippen molar-refractivity contribution in [1.29, 1.82) is 0 Å². The lowest BCUT2D eigenvalue weighted by atomic mass is 9.77. The lowest BCUT2D eigenvalue weighted by molar-refractivity contribution is -0.134. The molecule has 22 heavy (non-hydrogen) atoms. The molecular formula is C16H16F3NO2. The van der Waals surface area contributed by atoms with Gasteiger partial charge in [-0.2, -0.15) is 0 Å². The van der Waals surface area contributed by atoms with E-state index in [1.54, 1.807) is 18.2 Å². The number of hydrogen-bond donors (Lipinski definition) is 2. The largest absolute Gasteiger partial charge is 0.381 e. The number of halogens is 3. The van der Waals surface area contributed by atoms with Gasteiger partial charge in [-0.3, -0.25) is 4.79 Å². The number of allylic oxidation sites excluding steroid dienone is 4. The Hall–Kier alpha value is -1.92. The third kappa shape index (κ3) is 3.13. The summed E-state index contributed by atoms with van der Waals surface area (Å²) >= 11 is 0. The molecule has 0 radical (unpaired) electrons. The van der Waals surface area contributed by atoms with Crippen LogP contribution in [0.5, 0.6) is 0 Å². The molecule has 0 heterocycles. The molecule has 1 aromatic rings. The molecule has 1 aromatic carbocycles. The second-order valence-corrected chi connectivity index (χ2v) is 5.17. The highest BCUT2D eigenvalue weighted by molar-refractivity contribution is 5.90. The summed E-state index contributed by atoms with van der Waals surface area (Å²) in [4.78, 5) is 12.3. The Morgan fingerprint density at radius 3 is 2.55 bits per heavy atom. The van der Waals surface area contributed by atoms with Gasteiger partial charge in [0.25, 0.3) is 0 Å². The van der Waals surface area contributed by atoms with E-state index in [2.05, 4.69) is 0 Å². The van der Waals surface area contributed by atoms with Gasteiger partial charge in [-0.1, -0.05) is 30.3 Å². The van der Waals surface area contributed by atoms with E-state index in [4.69, 9.17) is 5.73 Å². The Bertz CT molecular complexity index is 615. The molecule has 3 nitrogen and oxygen atoms in total. The number of hydrogen-bond acceptors (Lipinski definition) is 3. The van der Waals surface area contributed by atoms with Gasteiger partial charge in [-0.05, 0) is 24.6 Å². The zero-order valence-corrected chi connectivity index (χ0v) is 11.7. The van der Waals surface area contributed by atoms with Crippen LogP contribution in [0.2, 0.25) is 0 Å². The molecule has 0 amide bonds. The quantitative estimate of drug-likeness (QED) is 0.879. The second-order valence-electron chi connectivity index (χ2n) is 5.17. The molecule has 1 aliphatic rings. The van der Waals surface area contributed by atoms with Gasteiger partial charge in [-0.25, -0.2) is 13.2 Å². The van der Waals surface area contributed by atoms with Crippen molar-refractivity contribution in [2.24, 2.45) is 11.7 Å². The normalized spacial score (nSPS) is 26.1. The summed E-state index contributed by atoms with van der Waals surface area (Å²) in [5, 5.41) is 10.1. The Kier molecular flexibility index (Phi) is 4.83. The molecule has 118 valence electrons. The van der Waals surface area contributed by atoms with Gasteiger partial charge in [0.2, 0.25) is 0 Å². The van der Waals surface area contributed by atoms with Crippen LogP contribution < -0.4 is 5.73 Å². The Morgan fingerprint density at radius 1 is 1.32 bits per heavy atom. The number of benzene rings is 1. The van der Waals surface area contributed by atoms with Crippen LogP contribution >= 0.6 is 0 Å². The molecular weight excluding hydrogens is 295 g/mol. The van der Waals surface area contributed by atoms with Crippen LogP contribution in [0.4, 0.5) is 13.2 Å². The standard InChI is InChI=1S/C16H16F3NO2/c17-11-8-12(18)13(16(19,9-11)6-7-20)15(22)14(21)10-4-2-1-3-5-10/h1-5,8-9,13-14,21H,6-7,20H2. The molecule has 3 atom stereocenters. The monoisotopic (exact) mass is 311 g/mol. The topological polar surface area (TPSA) is 63.3 Å². The number of aliphatic hydroxyl groups excluding tert-OH is 1. The minimum absolute atomic E-state index is 0.196. The molecule has 0 aromatic heterocycles. The Morgan fingerprint density at radius 2 is 1.95 bits per heavy atom. The minimum Gasteiger partial charge on any atom is -0.381 e. The van der Waals surface area contributed by atoms with Crippen LogP contribution in [0.3, 0.4) is 0 Å².